The van der Waals surface area contributed by atoms with Crippen molar-refractivity contribution < 1.29 is 27.5 Å². The van der Waals surface area contributed by atoms with E-state index in [1.807, 2.05) is 0 Å². The second-order valence-corrected chi connectivity index (χ2v) is 7.71. The second kappa shape index (κ2) is 9.11. The van der Waals surface area contributed by atoms with Gasteiger partial charge in [-0.15, -0.1) is 0 Å². The van der Waals surface area contributed by atoms with Gasteiger partial charge in [-0.1, -0.05) is 13.8 Å². The van der Waals surface area contributed by atoms with Crippen LogP contribution >= 0.6 is 0 Å². The quantitative estimate of drug-likeness (QED) is 0.680. The van der Waals surface area contributed by atoms with Crippen molar-refractivity contribution in [3.8, 4) is 0 Å². The van der Waals surface area contributed by atoms with E-state index >= 15 is 0 Å². The van der Waals surface area contributed by atoms with E-state index in [2.05, 4.69) is 5.32 Å². The van der Waals surface area contributed by atoms with Gasteiger partial charge in [0.15, 0.2) is 12.7 Å². The Kier molecular flexibility index (Phi) is 7.13. The fourth-order valence-electron chi connectivity index (χ4n) is 2.61. The van der Waals surface area contributed by atoms with Crippen LogP contribution in [0.2, 0.25) is 0 Å². The number of rotatable bonds is 8. The number of hydrogen-bond donors (Lipinski definition) is 1. The van der Waals surface area contributed by atoms with Crippen LogP contribution in [0, 0.1) is 0 Å². The normalized spacial score (nSPS) is 17.3. The summed E-state index contributed by atoms with van der Waals surface area (Å²) in [6.07, 6.45) is 0.810. The van der Waals surface area contributed by atoms with Crippen molar-refractivity contribution in [3.05, 3.63) is 24.3 Å². The van der Waals surface area contributed by atoms with Crippen molar-refractivity contribution in [3.63, 3.8) is 0 Å². The maximum atomic E-state index is 12.4. The molecule has 0 saturated carbocycles. The molecule has 0 aliphatic carbocycles. The van der Waals surface area contributed by atoms with Gasteiger partial charge in [0.2, 0.25) is 10.0 Å². The van der Waals surface area contributed by atoms with Gasteiger partial charge < -0.3 is 14.8 Å². The predicted molar refractivity (Wildman–Crippen MR) is 95.1 cm³/mol. The molecule has 8 nitrogen and oxygen atoms in total. The number of benzene rings is 1. The first-order valence-electron chi connectivity index (χ1n) is 8.56. The van der Waals surface area contributed by atoms with Crippen LogP contribution in [0.5, 0.6) is 0 Å². The van der Waals surface area contributed by atoms with E-state index < -0.39 is 34.6 Å². The van der Waals surface area contributed by atoms with Crippen molar-refractivity contribution in [1.82, 2.24) is 4.31 Å². The fourth-order valence-corrected chi connectivity index (χ4v) is 4.07. The molecule has 1 aliphatic heterocycles. The molecule has 1 heterocycles. The first-order chi connectivity index (χ1) is 12.4. The van der Waals surface area contributed by atoms with Gasteiger partial charge in [0.1, 0.15) is 0 Å². The Morgan fingerprint density at radius 1 is 1.23 bits per heavy atom. The molecule has 2 rings (SSSR count). The third-order valence-electron chi connectivity index (χ3n) is 4.02. The van der Waals surface area contributed by atoms with E-state index in [1.165, 1.54) is 28.6 Å². The van der Waals surface area contributed by atoms with Crippen molar-refractivity contribution in [2.24, 2.45) is 0 Å². The molecule has 0 unspecified atom stereocenters. The zero-order valence-electron chi connectivity index (χ0n) is 14.9. The predicted octanol–water partition coefficient (Wildman–Crippen LogP) is 1.38. The van der Waals surface area contributed by atoms with Crippen molar-refractivity contribution in [1.29, 1.82) is 0 Å². The molecule has 1 aliphatic rings. The summed E-state index contributed by atoms with van der Waals surface area (Å²) in [5, 5.41) is 2.56. The number of anilines is 1. The number of hydrogen-bond acceptors (Lipinski definition) is 6. The highest BCUT2D eigenvalue weighted by Crippen LogP contribution is 2.18. The summed E-state index contributed by atoms with van der Waals surface area (Å²) in [5.74, 6) is -1.05. The van der Waals surface area contributed by atoms with E-state index in [-0.39, 0.29) is 4.90 Å². The summed E-state index contributed by atoms with van der Waals surface area (Å²) in [7, 11) is -3.54. The Labute approximate surface area is 153 Å². The third kappa shape index (κ3) is 5.03. The number of nitrogens with one attached hydrogen (secondary N) is 1. The molecule has 0 spiro atoms. The molecule has 1 atom stereocenters. The molecule has 26 heavy (non-hydrogen) atoms. The summed E-state index contributed by atoms with van der Waals surface area (Å²) >= 11 is 0. The topological polar surface area (TPSA) is 102 Å². The van der Waals surface area contributed by atoms with Crippen LogP contribution in [0.3, 0.4) is 0 Å². The van der Waals surface area contributed by atoms with Gasteiger partial charge >= 0.3 is 5.97 Å². The largest absolute Gasteiger partial charge is 0.454 e. The molecule has 1 saturated heterocycles. The zero-order valence-corrected chi connectivity index (χ0v) is 15.8. The summed E-state index contributed by atoms with van der Waals surface area (Å²) in [4.78, 5) is 23.7. The molecule has 1 amide bonds. The highest BCUT2D eigenvalue weighted by atomic mass is 32.2. The van der Waals surface area contributed by atoms with E-state index in [4.69, 9.17) is 9.47 Å². The van der Waals surface area contributed by atoms with Gasteiger partial charge in [-0.3, -0.25) is 4.79 Å². The Morgan fingerprint density at radius 2 is 1.88 bits per heavy atom. The summed E-state index contributed by atoms with van der Waals surface area (Å²) in [6.45, 7) is 4.41. The van der Waals surface area contributed by atoms with E-state index in [0.717, 1.165) is 6.42 Å². The number of sulfonamides is 1. The molecular weight excluding hydrogens is 360 g/mol. The molecule has 9 heteroatoms. The SMILES string of the molecule is CCN(CC)S(=O)(=O)c1ccc(NC(=O)COC(=O)[C@H]2CCCO2)cc1. The highest BCUT2D eigenvalue weighted by Gasteiger charge is 2.25. The zero-order chi connectivity index (χ0) is 19.2. The average molecular weight is 384 g/mol. The molecule has 1 aromatic carbocycles. The van der Waals surface area contributed by atoms with Crippen LogP contribution in [0.25, 0.3) is 0 Å². The van der Waals surface area contributed by atoms with E-state index in [9.17, 15) is 18.0 Å². The standard InChI is InChI=1S/C17H24N2O6S/c1-3-19(4-2)26(22,23)14-9-7-13(8-10-14)18-16(20)12-25-17(21)15-6-5-11-24-15/h7-10,15H,3-6,11-12H2,1-2H3,(H,18,20)/t15-/m1/s1. The third-order valence-corrected chi connectivity index (χ3v) is 6.08. The number of ether oxygens (including phenoxy) is 2. The smallest absolute Gasteiger partial charge is 0.335 e. The maximum absolute atomic E-state index is 12.4. The van der Waals surface area contributed by atoms with Crippen LogP contribution < -0.4 is 5.32 Å². The summed E-state index contributed by atoms with van der Waals surface area (Å²) < 4.78 is 36.3. The average Bonchev–Trinajstić information content (AvgIpc) is 3.16. The van der Waals surface area contributed by atoms with Gasteiger partial charge in [0, 0.05) is 25.4 Å². The van der Waals surface area contributed by atoms with Crippen LogP contribution in [-0.4, -0.2) is 57.0 Å². The molecule has 1 N–H and O–H groups in total. The summed E-state index contributed by atoms with van der Waals surface area (Å²) in [5.41, 5.74) is 0.418. The van der Waals surface area contributed by atoms with Crippen LogP contribution in [0.1, 0.15) is 26.7 Å². The number of amides is 1. The lowest BCUT2D eigenvalue weighted by atomic mass is 10.2. The first-order valence-corrected chi connectivity index (χ1v) is 10.0. The minimum absolute atomic E-state index is 0.156. The lowest BCUT2D eigenvalue weighted by Crippen LogP contribution is -2.30. The Hall–Kier alpha value is -1.97. The van der Waals surface area contributed by atoms with Crippen molar-refractivity contribution in [2.45, 2.75) is 37.7 Å². The van der Waals surface area contributed by atoms with Crippen LogP contribution in [-0.2, 0) is 29.1 Å². The lowest BCUT2D eigenvalue weighted by molar-refractivity contribution is -0.156. The number of nitrogens with zero attached hydrogens (tertiary/aromatic N) is 1. The van der Waals surface area contributed by atoms with Gasteiger partial charge in [-0.2, -0.15) is 4.31 Å². The maximum Gasteiger partial charge on any atom is 0.335 e. The summed E-state index contributed by atoms with van der Waals surface area (Å²) in [6, 6.07) is 5.86. The molecular formula is C17H24N2O6S. The molecule has 1 aromatic rings. The van der Waals surface area contributed by atoms with Crippen molar-refractivity contribution >= 4 is 27.6 Å². The van der Waals surface area contributed by atoms with Gasteiger partial charge in [-0.05, 0) is 37.1 Å². The van der Waals surface area contributed by atoms with Gasteiger partial charge in [0.05, 0.1) is 4.90 Å². The monoisotopic (exact) mass is 384 g/mol. The Bertz CT molecular complexity index is 722. The molecule has 0 bridgehead atoms. The van der Waals surface area contributed by atoms with Crippen molar-refractivity contribution in [2.75, 3.05) is 31.6 Å². The lowest BCUT2D eigenvalue weighted by Gasteiger charge is -2.18. The first kappa shape index (κ1) is 20.3. The minimum atomic E-state index is -3.54. The number of carbonyl (C=O) groups excluding carboxylic acids is 2. The second-order valence-electron chi connectivity index (χ2n) is 5.77. The van der Waals surface area contributed by atoms with Crippen LogP contribution in [0.4, 0.5) is 5.69 Å². The van der Waals surface area contributed by atoms with E-state index in [1.54, 1.807) is 13.8 Å². The molecule has 0 radical (unpaired) electrons. The molecule has 0 aromatic heterocycles. The number of esters is 1. The molecule has 1 fully saturated rings. The Balaban J connectivity index is 1.90. The minimum Gasteiger partial charge on any atom is -0.454 e. The fraction of sp³-hybridized carbons (Fsp3) is 0.529. The van der Waals surface area contributed by atoms with Gasteiger partial charge in [-0.25, -0.2) is 13.2 Å². The number of carbonyl (C=O) groups is 2. The van der Waals surface area contributed by atoms with Gasteiger partial charge in [0.25, 0.3) is 5.91 Å². The van der Waals surface area contributed by atoms with Crippen LogP contribution in [0.15, 0.2) is 29.2 Å². The highest BCUT2D eigenvalue weighted by molar-refractivity contribution is 7.89. The Morgan fingerprint density at radius 3 is 2.42 bits per heavy atom. The van der Waals surface area contributed by atoms with E-state index in [0.29, 0.717) is 31.8 Å². The molecule has 144 valence electrons.